The van der Waals surface area contributed by atoms with Gasteiger partial charge in [-0.05, 0) is 55.5 Å². The number of nitrogens with zero attached hydrogens (tertiary/aromatic N) is 1. The van der Waals surface area contributed by atoms with E-state index in [1.165, 1.54) is 49.5 Å². The Kier molecular flexibility index (Phi) is 5.32. The van der Waals surface area contributed by atoms with Gasteiger partial charge in [-0.15, -0.1) is 0 Å². The van der Waals surface area contributed by atoms with Gasteiger partial charge in [-0.25, -0.2) is 0 Å². The first-order chi connectivity index (χ1) is 16.1. The minimum atomic E-state index is 0.129. The van der Waals surface area contributed by atoms with Crippen molar-refractivity contribution in [2.45, 2.75) is 52.4 Å². The molecule has 0 atom stereocenters. The minimum absolute atomic E-state index is 0.129. The zero-order chi connectivity index (χ0) is 24.1. The molecule has 4 aromatic carbocycles. The van der Waals surface area contributed by atoms with Gasteiger partial charge in [0.1, 0.15) is 0 Å². The summed E-state index contributed by atoms with van der Waals surface area (Å²) in [6, 6.07) is 31.2. The first-order valence-corrected chi connectivity index (χ1v) is 12.2. The molecule has 170 valence electrons. The molecule has 0 fully saturated rings. The summed E-state index contributed by atoms with van der Waals surface area (Å²) in [5.74, 6) is 0. The average Bonchev–Trinajstić information content (AvgIpc) is 2.81. The topological polar surface area (TPSA) is 12.9 Å². The highest BCUT2D eigenvalue weighted by molar-refractivity contribution is 6.20. The molecule has 5 rings (SSSR count). The average molecular weight is 444 g/mol. The summed E-state index contributed by atoms with van der Waals surface area (Å²) >= 11 is 0. The van der Waals surface area contributed by atoms with Crippen molar-refractivity contribution < 1.29 is 0 Å². The van der Waals surface area contributed by atoms with Crippen molar-refractivity contribution in [3.8, 4) is 22.3 Å². The lowest BCUT2D eigenvalue weighted by Gasteiger charge is -2.21. The van der Waals surface area contributed by atoms with E-state index >= 15 is 0 Å². The highest BCUT2D eigenvalue weighted by atomic mass is 14.7. The van der Waals surface area contributed by atoms with Gasteiger partial charge in [0.15, 0.2) is 0 Å². The maximum atomic E-state index is 4.92. The Morgan fingerprint density at radius 2 is 0.912 bits per heavy atom. The van der Waals surface area contributed by atoms with Gasteiger partial charge >= 0.3 is 0 Å². The van der Waals surface area contributed by atoms with Crippen molar-refractivity contribution >= 4 is 21.7 Å². The summed E-state index contributed by atoms with van der Waals surface area (Å²) < 4.78 is 0. The molecule has 0 N–H and O–H groups in total. The van der Waals surface area contributed by atoms with Crippen LogP contribution in [0.1, 0.15) is 52.7 Å². The molecule has 1 aromatic heterocycles. The van der Waals surface area contributed by atoms with Gasteiger partial charge in [0, 0.05) is 17.1 Å². The van der Waals surface area contributed by atoms with Crippen molar-refractivity contribution in [3.05, 3.63) is 102 Å². The second-order valence-corrected chi connectivity index (χ2v) is 11.3. The van der Waals surface area contributed by atoms with Crippen LogP contribution in [0.5, 0.6) is 0 Å². The van der Waals surface area contributed by atoms with Crippen LogP contribution in [-0.2, 0) is 10.8 Å². The SMILES string of the molecule is CC(C)(C)c1ccc(-c2c3ccccc3c(-c3ccc(C(C)(C)C)cc3)c3ncccc23)cc1. The van der Waals surface area contributed by atoms with Gasteiger partial charge in [0.2, 0.25) is 0 Å². The fraction of sp³-hybridized carbons (Fsp3) is 0.242. The summed E-state index contributed by atoms with van der Waals surface area (Å²) in [6.45, 7) is 13.6. The fourth-order valence-electron chi connectivity index (χ4n) is 4.88. The van der Waals surface area contributed by atoms with Gasteiger partial charge in [-0.2, -0.15) is 0 Å². The minimum Gasteiger partial charge on any atom is -0.256 e. The molecular weight excluding hydrogens is 410 g/mol. The summed E-state index contributed by atoms with van der Waals surface area (Å²) in [5, 5.41) is 3.70. The van der Waals surface area contributed by atoms with Crippen LogP contribution in [0, 0.1) is 0 Å². The molecule has 0 radical (unpaired) electrons. The van der Waals surface area contributed by atoms with Crippen molar-refractivity contribution in [1.82, 2.24) is 4.98 Å². The van der Waals surface area contributed by atoms with Crippen LogP contribution in [-0.4, -0.2) is 4.98 Å². The Morgan fingerprint density at radius 1 is 0.471 bits per heavy atom. The smallest absolute Gasteiger partial charge is 0.0792 e. The van der Waals surface area contributed by atoms with Crippen LogP contribution in [0.25, 0.3) is 43.9 Å². The van der Waals surface area contributed by atoms with E-state index in [-0.39, 0.29) is 10.8 Å². The predicted molar refractivity (Wildman–Crippen MR) is 148 cm³/mol. The summed E-state index contributed by atoms with van der Waals surface area (Å²) in [6.07, 6.45) is 1.91. The van der Waals surface area contributed by atoms with Crippen LogP contribution in [0.2, 0.25) is 0 Å². The second-order valence-electron chi connectivity index (χ2n) is 11.3. The van der Waals surface area contributed by atoms with E-state index in [0.717, 1.165) is 5.52 Å². The van der Waals surface area contributed by atoms with Gasteiger partial charge in [-0.1, -0.05) is 120 Å². The predicted octanol–water partition coefficient (Wildman–Crippen LogP) is 9.32. The van der Waals surface area contributed by atoms with E-state index in [1.807, 2.05) is 6.20 Å². The highest BCUT2D eigenvalue weighted by Gasteiger charge is 2.19. The summed E-state index contributed by atoms with van der Waals surface area (Å²) in [4.78, 5) is 4.92. The lowest BCUT2D eigenvalue weighted by Crippen LogP contribution is -2.10. The molecule has 5 aromatic rings. The zero-order valence-electron chi connectivity index (χ0n) is 21.1. The number of fused-ring (bicyclic) bond motifs is 2. The largest absolute Gasteiger partial charge is 0.256 e. The standard InChI is InChI=1S/C33H33N/c1-32(2,3)24-17-13-22(14-18-24)29-26-10-7-8-11-27(26)30(31-28(29)12-9-21-34-31)23-15-19-25(20-16-23)33(4,5)6/h7-21H,1-6H3. The van der Waals surface area contributed by atoms with Crippen LogP contribution >= 0.6 is 0 Å². The Balaban J connectivity index is 1.81. The molecule has 0 spiro atoms. The molecule has 1 heterocycles. The van der Waals surface area contributed by atoms with E-state index in [9.17, 15) is 0 Å². The van der Waals surface area contributed by atoms with Crippen molar-refractivity contribution in [2.24, 2.45) is 0 Å². The third-order valence-electron chi connectivity index (χ3n) is 6.86. The first-order valence-electron chi connectivity index (χ1n) is 12.2. The van der Waals surface area contributed by atoms with Crippen LogP contribution in [0.15, 0.2) is 91.1 Å². The lowest BCUT2D eigenvalue weighted by molar-refractivity contribution is 0.590. The molecular formula is C33H33N. The Bertz CT molecular complexity index is 1300. The number of hydrogen-bond acceptors (Lipinski definition) is 1. The van der Waals surface area contributed by atoms with Gasteiger partial charge in [0.05, 0.1) is 5.52 Å². The molecule has 0 amide bonds. The number of pyridine rings is 1. The van der Waals surface area contributed by atoms with Gasteiger partial charge < -0.3 is 0 Å². The van der Waals surface area contributed by atoms with Crippen LogP contribution < -0.4 is 0 Å². The summed E-state index contributed by atoms with van der Waals surface area (Å²) in [5.41, 5.74) is 8.92. The number of aromatic nitrogens is 1. The van der Waals surface area contributed by atoms with Crippen LogP contribution in [0.3, 0.4) is 0 Å². The Hall–Kier alpha value is -3.45. The first kappa shape index (κ1) is 22.3. The van der Waals surface area contributed by atoms with Crippen molar-refractivity contribution in [3.63, 3.8) is 0 Å². The van der Waals surface area contributed by atoms with E-state index < -0.39 is 0 Å². The molecule has 0 bridgehead atoms. The number of rotatable bonds is 2. The van der Waals surface area contributed by atoms with E-state index in [4.69, 9.17) is 4.98 Å². The van der Waals surface area contributed by atoms with Gasteiger partial charge in [-0.3, -0.25) is 4.98 Å². The molecule has 1 nitrogen and oxygen atoms in total. The molecule has 1 heteroatoms. The maximum Gasteiger partial charge on any atom is 0.0792 e. The molecule has 0 aliphatic heterocycles. The maximum absolute atomic E-state index is 4.92. The van der Waals surface area contributed by atoms with E-state index in [0.29, 0.717) is 0 Å². The van der Waals surface area contributed by atoms with Crippen molar-refractivity contribution in [1.29, 1.82) is 0 Å². The normalized spacial score (nSPS) is 12.4. The molecule has 0 unspecified atom stereocenters. The van der Waals surface area contributed by atoms with E-state index in [2.05, 4.69) is 126 Å². The van der Waals surface area contributed by atoms with Crippen LogP contribution in [0.4, 0.5) is 0 Å². The van der Waals surface area contributed by atoms with E-state index in [1.54, 1.807) is 0 Å². The highest BCUT2D eigenvalue weighted by Crippen LogP contribution is 2.43. The molecule has 0 aliphatic carbocycles. The lowest BCUT2D eigenvalue weighted by atomic mass is 9.83. The third-order valence-corrected chi connectivity index (χ3v) is 6.86. The Labute approximate surface area is 203 Å². The molecule has 34 heavy (non-hydrogen) atoms. The van der Waals surface area contributed by atoms with Crippen molar-refractivity contribution in [2.75, 3.05) is 0 Å². The quantitative estimate of drug-likeness (QED) is 0.248. The number of hydrogen-bond donors (Lipinski definition) is 0. The molecule has 0 aliphatic rings. The Morgan fingerprint density at radius 3 is 1.41 bits per heavy atom. The number of benzene rings is 4. The molecule has 0 saturated carbocycles. The molecule has 0 saturated heterocycles. The van der Waals surface area contributed by atoms with Gasteiger partial charge in [0.25, 0.3) is 0 Å². The monoisotopic (exact) mass is 443 g/mol. The zero-order valence-corrected chi connectivity index (χ0v) is 21.1. The fourth-order valence-corrected chi connectivity index (χ4v) is 4.88. The third kappa shape index (κ3) is 3.90. The second kappa shape index (κ2) is 8.09. The summed E-state index contributed by atoms with van der Waals surface area (Å²) in [7, 11) is 0.